The highest BCUT2D eigenvalue weighted by molar-refractivity contribution is 5.88. The van der Waals surface area contributed by atoms with Gasteiger partial charge in [-0.15, -0.1) is 0 Å². The summed E-state index contributed by atoms with van der Waals surface area (Å²) in [5, 5.41) is 0. The van der Waals surface area contributed by atoms with Gasteiger partial charge in [0.1, 0.15) is 0 Å². The number of amides is 2. The third-order valence-corrected chi connectivity index (χ3v) is 3.50. The van der Waals surface area contributed by atoms with Crippen LogP contribution < -0.4 is 0 Å². The van der Waals surface area contributed by atoms with Gasteiger partial charge < -0.3 is 9.80 Å². The largest absolute Gasteiger partial charge is 0.340 e. The van der Waals surface area contributed by atoms with E-state index < -0.39 is 11.6 Å². The van der Waals surface area contributed by atoms with Gasteiger partial charge in [-0.3, -0.25) is 9.59 Å². The molecule has 1 fully saturated rings. The van der Waals surface area contributed by atoms with E-state index in [9.17, 15) is 14.0 Å². The first-order chi connectivity index (χ1) is 8.19. The van der Waals surface area contributed by atoms with Gasteiger partial charge in [0, 0.05) is 32.0 Å². The number of likely N-dealkylation sites (tertiary alicyclic amines) is 1. The quantitative estimate of drug-likeness (QED) is 0.768. The van der Waals surface area contributed by atoms with E-state index in [0.717, 1.165) is 0 Å². The molecule has 4 nitrogen and oxygen atoms in total. The van der Waals surface area contributed by atoms with Gasteiger partial charge in [0.05, 0.1) is 6.54 Å². The van der Waals surface area contributed by atoms with Crippen LogP contribution in [0.1, 0.15) is 34.1 Å². The maximum Gasteiger partial charge on any atom is 0.262 e. The monoisotopic (exact) mass is 258 g/mol. The molecule has 1 heterocycles. The summed E-state index contributed by atoms with van der Waals surface area (Å²) in [7, 11) is 1.60. The summed E-state index contributed by atoms with van der Waals surface area (Å²) in [6.45, 7) is 7.46. The fraction of sp³-hybridized carbons (Fsp3) is 0.846. The van der Waals surface area contributed by atoms with Gasteiger partial charge in [-0.05, 0) is 13.8 Å². The van der Waals surface area contributed by atoms with Gasteiger partial charge in [0.25, 0.3) is 5.91 Å². The Morgan fingerprint density at radius 1 is 1.28 bits per heavy atom. The summed E-state index contributed by atoms with van der Waals surface area (Å²) >= 11 is 0. The van der Waals surface area contributed by atoms with E-state index in [1.807, 2.05) is 13.8 Å². The standard InChI is InChI=1S/C13H23FN2O2/c1-9(2)11(17)16-7-6-13(14,8-16)12(18)15(5)10(3)4/h9-10H,6-8H2,1-5H3. The molecule has 1 saturated heterocycles. The zero-order valence-corrected chi connectivity index (χ0v) is 11.9. The van der Waals surface area contributed by atoms with Gasteiger partial charge in [0.2, 0.25) is 11.6 Å². The summed E-state index contributed by atoms with van der Waals surface area (Å²) in [6.07, 6.45) is 0.0986. The van der Waals surface area contributed by atoms with Gasteiger partial charge in [-0.2, -0.15) is 0 Å². The first-order valence-corrected chi connectivity index (χ1v) is 6.44. The van der Waals surface area contributed by atoms with Crippen LogP contribution in [0.25, 0.3) is 0 Å². The maximum atomic E-state index is 14.6. The van der Waals surface area contributed by atoms with Crippen molar-refractivity contribution in [3.05, 3.63) is 0 Å². The Labute approximate surface area is 108 Å². The van der Waals surface area contributed by atoms with Crippen molar-refractivity contribution in [2.24, 2.45) is 5.92 Å². The van der Waals surface area contributed by atoms with Crippen molar-refractivity contribution in [3.63, 3.8) is 0 Å². The number of alkyl halides is 1. The molecule has 104 valence electrons. The number of carbonyl (C=O) groups is 2. The second kappa shape index (κ2) is 5.24. The van der Waals surface area contributed by atoms with Gasteiger partial charge in [-0.1, -0.05) is 13.8 Å². The molecule has 0 aromatic carbocycles. The Morgan fingerprint density at radius 3 is 2.28 bits per heavy atom. The maximum absolute atomic E-state index is 14.6. The van der Waals surface area contributed by atoms with Crippen molar-refractivity contribution in [2.75, 3.05) is 20.1 Å². The van der Waals surface area contributed by atoms with Gasteiger partial charge >= 0.3 is 0 Å². The van der Waals surface area contributed by atoms with Crippen LogP contribution in [0.15, 0.2) is 0 Å². The highest BCUT2D eigenvalue weighted by Crippen LogP contribution is 2.29. The van der Waals surface area contributed by atoms with Crippen LogP contribution >= 0.6 is 0 Å². The number of carbonyl (C=O) groups excluding carboxylic acids is 2. The molecule has 2 amide bonds. The lowest BCUT2D eigenvalue weighted by atomic mass is 10.0. The van der Waals surface area contributed by atoms with E-state index in [4.69, 9.17) is 0 Å². The van der Waals surface area contributed by atoms with E-state index in [-0.39, 0.29) is 30.8 Å². The van der Waals surface area contributed by atoms with E-state index >= 15 is 0 Å². The topological polar surface area (TPSA) is 40.6 Å². The first kappa shape index (κ1) is 14.9. The average molecular weight is 258 g/mol. The summed E-state index contributed by atoms with van der Waals surface area (Å²) in [6, 6.07) is -0.0417. The van der Waals surface area contributed by atoms with Crippen molar-refractivity contribution < 1.29 is 14.0 Å². The second-order valence-electron chi connectivity index (χ2n) is 5.64. The number of rotatable bonds is 3. The normalized spacial score (nSPS) is 23.9. The highest BCUT2D eigenvalue weighted by Gasteiger charge is 2.48. The number of halogens is 1. The summed E-state index contributed by atoms with van der Waals surface area (Å²) < 4.78 is 14.6. The van der Waals surface area contributed by atoms with Gasteiger partial charge in [0.15, 0.2) is 0 Å². The van der Waals surface area contributed by atoms with Crippen LogP contribution in [-0.4, -0.2) is 53.5 Å². The lowest BCUT2D eigenvalue weighted by Gasteiger charge is -2.29. The third-order valence-electron chi connectivity index (χ3n) is 3.50. The van der Waals surface area contributed by atoms with Crippen molar-refractivity contribution in [3.8, 4) is 0 Å². The molecule has 1 unspecified atom stereocenters. The van der Waals surface area contributed by atoms with Crippen LogP contribution in [0.2, 0.25) is 0 Å². The molecule has 5 heteroatoms. The van der Waals surface area contributed by atoms with Crippen molar-refractivity contribution >= 4 is 11.8 Å². The van der Waals surface area contributed by atoms with E-state index in [0.29, 0.717) is 6.54 Å². The first-order valence-electron chi connectivity index (χ1n) is 6.44. The Bertz CT molecular complexity index is 344. The minimum Gasteiger partial charge on any atom is -0.340 e. The summed E-state index contributed by atoms with van der Waals surface area (Å²) in [5.74, 6) is -0.767. The molecule has 0 aromatic heterocycles. The van der Waals surface area contributed by atoms with Crippen molar-refractivity contribution in [1.82, 2.24) is 9.80 Å². The lowest BCUT2D eigenvalue weighted by molar-refractivity contribution is -0.144. The van der Waals surface area contributed by atoms with E-state index in [1.165, 1.54) is 9.80 Å². The minimum absolute atomic E-state index is 0.0417. The Morgan fingerprint density at radius 2 is 1.83 bits per heavy atom. The fourth-order valence-electron chi connectivity index (χ4n) is 2.05. The molecule has 0 radical (unpaired) electrons. The molecule has 1 aliphatic heterocycles. The van der Waals surface area contributed by atoms with Crippen LogP contribution in [-0.2, 0) is 9.59 Å². The SMILES string of the molecule is CC(C)C(=O)N1CCC(F)(C(=O)N(C)C(C)C)C1. The average Bonchev–Trinajstić information content (AvgIpc) is 2.69. The van der Waals surface area contributed by atoms with E-state index in [1.54, 1.807) is 20.9 Å². The molecule has 0 bridgehead atoms. The number of hydrogen-bond donors (Lipinski definition) is 0. The molecular formula is C13H23FN2O2. The summed E-state index contributed by atoms with van der Waals surface area (Å²) in [4.78, 5) is 26.7. The zero-order valence-electron chi connectivity index (χ0n) is 11.9. The predicted octanol–water partition coefficient (Wildman–Crippen LogP) is 1.45. The molecular weight excluding hydrogens is 235 g/mol. The molecule has 0 spiro atoms. The molecule has 1 rings (SSSR count). The Kier molecular flexibility index (Phi) is 4.35. The second-order valence-corrected chi connectivity index (χ2v) is 5.64. The van der Waals surface area contributed by atoms with Crippen molar-refractivity contribution in [1.29, 1.82) is 0 Å². The van der Waals surface area contributed by atoms with Crippen LogP contribution in [0, 0.1) is 5.92 Å². The molecule has 0 aromatic rings. The van der Waals surface area contributed by atoms with Crippen LogP contribution in [0.3, 0.4) is 0 Å². The molecule has 18 heavy (non-hydrogen) atoms. The smallest absolute Gasteiger partial charge is 0.262 e. The molecule has 0 N–H and O–H groups in total. The minimum atomic E-state index is -1.91. The Balaban J connectivity index is 2.74. The van der Waals surface area contributed by atoms with E-state index in [2.05, 4.69) is 0 Å². The third kappa shape index (κ3) is 2.82. The molecule has 1 aliphatic rings. The van der Waals surface area contributed by atoms with Crippen LogP contribution in [0.4, 0.5) is 4.39 Å². The molecule has 0 saturated carbocycles. The Hall–Kier alpha value is -1.13. The lowest BCUT2D eigenvalue weighted by Crippen LogP contribution is -2.49. The van der Waals surface area contributed by atoms with Crippen molar-refractivity contribution in [2.45, 2.75) is 45.8 Å². The number of nitrogens with zero attached hydrogens (tertiary/aromatic N) is 2. The molecule has 1 atom stereocenters. The van der Waals surface area contributed by atoms with Crippen LogP contribution in [0.5, 0.6) is 0 Å². The molecule has 0 aliphatic carbocycles. The zero-order chi connectivity index (χ0) is 14.1. The predicted molar refractivity (Wildman–Crippen MR) is 67.8 cm³/mol. The highest BCUT2D eigenvalue weighted by atomic mass is 19.1. The number of hydrogen-bond acceptors (Lipinski definition) is 2. The fourth-order valence-corrected chi connectivity index (χ4v) is 2.05. The summed E-state index contributed by atoms with van der Waals surface area (Å²) in [5.41, 5.74) is -1.91. The van der Waals surface area contributed by atoms with Gasteiger partial charge in [-0.25, -0.2) is 4.39 Å².